The largest absolute Gasteiger partial charge is 0.460 e. The Balaban J connectivity index is 3.99. The van der Waals surface area contributed by atoms with Crippen molar-refractivity contribution in [2.45, 2.75) is 58.7 Å². The zero-order valence-corrected chi connectivity index (χ0v) is 10.1. The molecule has 1 unspecified atom stereocenters. The van der Waals surface area contributed by atoms with E-state index in [0.29, 0.717) is 0 Å². The summed E-state index contributed by atoms with van der Waals surface area (Å²) in [5.74, 6) is -0.283. The number of rotatable bonds is 6. The van der Waals surface area contributed by atoms with Gasteiger partial charge in [-0.2, -0.15) is 0 Å². The average Bonchev–Trinajstić information content (AvgIpc) is 2.00. The van der Waals surface area contributed by atoms with Crippen molar-refractivity contribution in [1.82, 2.24) is 0 Å². The number of hydrogen-bond donors (Lipinski definition) is 1. The molecule has 0 aliphatic rings. The topological polar surface area (TPSA) is 55.8 Å². The maximum atomic E-state index is 11.4. The Morgan fingerprint density at radius 1 is 1.40 bits per heavy atom. The van der Waals surface area contributed by atoms with E-state index in [4.69, 9.17) is 14.6 Å². The average molecular weight is 218 g/mol. The molecule has 1 N–H and O–H groups in total. The van der Waals surface area contributed by atoms with Crippen LogP contribution < -0.4 is 0 Å². The van der Waals surface area contributed by atoms with E-state index in [9.17, 15) is 4.79 Å². The van der Waals surface area contributed by atoms with E-state index in [1.807, 2.05) is 27.7 Å². The van der Waals surface area contributed by atoms with Crippen LogP contribution in [-0.2, 0) is 14.3 Å². The molecule has 0 aromatic carbocycles. The summed E-state index contributed by atoms with van der Waals surface area (Å²) in [5.41, 5.74) is -0.465. The fraction of sp³-hybridized carbons (Fsp3) is 0.909. The Morgan fingerprint density at radius 3 is 2.40 bits per heavy atom. The number of hydrogen-bond acceptors (Lipinski definition) is 4. The maximum absolute atomic E-state index is 11.4. The second kappa shape index (κ2) is 6.80. The smallest absolute Gasteiger partial charge is 0.308 e. The molecule has 0 saturated carbocycles. The van der Waals surface area contributed by atoms with E-state index >= 15 is 0 Å². The summed E-state index contributed by atoms with van der Waals surface area (Å²) in [5, 5.41) is 8.63. The molecule has 0 heterocycles. The normalized spacial score (nSPS) is 13.7. The first-order valence-electron chi connectivity index (χ1n) is 5.33. The van der Waals surface area contributed by atoms with Gasteiger partial charge in [0.25, 0.3) is 0 Å². The molecule has 0 aliphatic heterocycles. The monoisotopic (exact) mass is 218 g/mol. The molecule has 0 saturated heterocycles. The third kappa shape index (κ3) is 8.39. The van der Waals surface area contributed by atoms with E-state index in [0.717, 1.165) is 12.8 Å². The molecular weight excluding hydrogens is 196 g/mol. The van der Waals surface area contributed by atoms with Crippen molar-refractivity contribution in [3.63, 3.8) is 0 Å². The highest BCUT2D eigenvalue weighted by molar-refractivity contribution is 5.70. The van der Waals surface area contributed by atoms with E-state index < -0.39 is 5.60 Å². The first kappa shape index (κ1) is 14.4. The Labute approximate surface area is 91.6 Å². The third-order valence-electron chi connectivity index (χ3n) is 1.74. The van der Waals surface area contributed by atoms with E-state index in [1.165, 1.54) is 0 Å². The van der Waals surface area contributed by atoms with Crippen LogP contribution in [0.5, 0.6) is 0 Å². The van der Waals surface area contributed by atoms with Crippen LogP contribution in [0.1, 0.15) is 47.0 Å². The lowest BCUT2D eigenvalue weighted by molar-refractivity contribution is -0.160. The number of carbonyl (C=O) groups excluding carboxylic acids is 1. The Bertz CT molecular complexity index is 178. The van der Waals surface area contributed by atoms with Gasteiger partial charge >= 0.3 is 5.97 Å². The van der Waals surface area contributed by atoms with Crippen molar-refractivity contribution in [2.24, 2.45) is 0 Å². The molecule has 0 bridgehead atoms. The molecule has 0 radical (unpaired) electrons. The maximum Gasteiger partial charge on any atom is 0.308 e. The molecule has 0 aromatic rings. The summed E-state index contributed by atoms with van der Waals surface area (Å²) in [7, 11) is 0. The summed E-state index contributed by atoms with van der Waals surface area (Å²) in [4.78, 5) is 11.4. The Morgan fingerprint density at radius 2 is 2.00 bits per heavy atom. The van der Waals surface area contributed by atoms with E-state index in [-0.39, 0.29) is 25.3 Å². The van der Waals surface area contributed by atoms with Gasteiger partial charge in [0.15, 0.2) is 0 Å². The van der Waals surface area contributed by atoms with Crippen molar-refractivity contribution >= 4 is 5.97 Å². The molecule has 0 fully saturated rings. The van der Waals surface area contributed by atoms with Crippen molar-refractivity contribution < 1.29 is 19.4 Å². The van der Waals surface area contributed by atoms with Crippen LogP contribution in [0.25, 0.3) is 0 Å². The Hall–Kier alpha value is -0.610. The molecule has 0 amide bonds. The first-order chi connectivity index (χ1) is 6.89. The lowest BCUT2D eigenvalue weighted by Gasteiger charge is -2.21. The van der Waals surface area contributed by atoms with Gasteiger partial charge in [0.1, 0.15) is 12.4 Å². The van der Waals surface area contributed by atoms with E-state index in [2.05, 4.69) is 0 Å². The highest BCUT2D eigenvalue weighted by atomic mass is 16.6. The fourth-order valence-corrected chi connectivity index (χ4v) is 1.24. The van der Waals surface area contributed by atoms with Gasteiger partial charge in [-0.15, -0.1) is 0 Å². The Kier molecular flexibility index (Phi) is 6.52. The molecule has 90 valence electrons. The van der Waals surface area contributed by atoms with Crippen molar-refractivity contribution in [3.8, 4) is 0 Å². The minimum absolute atomic E-state index is 0.200. The van der Waals surface area contributed by atoms with Gasteiger partial charge in [-0.3, -0.25) is 4.79 Å². The zero-order valence-electron chi connectivity index (χ0n) is 10.1. The number of aliphatic hydroxyl groups excluding tert-OH is 1. The van der Waals surface area contributed by atoms with Crippen LogP contribution in [0, 0.1) is 0 Å². The second-order valence-electron chi connectivity index (χ2n) is 4.50. The standard InChI is InChI=1S/C11H22O4/c1-5-6-9(14-8-12)7-10(13)15-11(2,3)4/h9,12H,5-8H2,1-4H3. The van der Waals surface area contributed by atoms with Gasteiger partial charge in [-0.25, -0.2) is 0 Å². The van der Waals surface area contributed by atoms with Crippen LogP contribution in [0.2, 0.25) is 0 Å². The van der Waals surface area contributed by atoms with E-state index in [1.54, 1.807) is 0 Å². The number of carbonyl (C=O) groups is 1. The number of esters is 1. The van der Waals surface area contributed by atoms with Gasteiger partial charge < -0.3 is 14.6 Å². The highest BCUT2D eigenvalue weighted by Crippen LogP contribution is 2.12. The number of aliphatic hydroxyl groups is 1. The molecule has 0 rings (SSSR count). The second-order valence-corrected chi connectivity index (χ2v) is 4.50. The molecule has 0 spiro atoms. The molecule has 15 heavy (non-hydrogen) atoms. The van der Waals surface area contributed by atoms with Gasteiger partial charge in [-0.05, 0) is 27.2 Å². The zero-order chi connectivity index (χ0) is 11.9. The van der Waals surface area contributed by atoms with Crippen molar-refractivity contribution in [2.75, 3.05) is 6.79 Å². The minimum Gasteiger partial charge on any atom is -0.460 e. The van der Waals surface area contributed by atoms with Gasteiger partial charge in [-0.1, -0.05) is 13.3 Å². The van der Waals surface area contributed by atoms with Crippen LogP contribution in [0.15, 0.2) is 0 Å². The predicted molar refractivity (Wildman–Crippen MR) is 57.3 cm³/mol. The lowest BCUT2D eigenvalue weighted by atomic mass is 10.1. The molecule has 4 nitrogen and oxygen atoms in total. The SMILES string of the molecule is CCCC(CC(=O)OC(C)(C)C)OCO. The van der Waals surface area contributed by atoms with Crippen LogP contribution >= 0.6 is 0 Å². The lowest BCUT2D eigenvalue weighted by Crippen LogP contribution is -2.27. The summed E-state index contributed by atoms with van der Waals surface area (Å²) < 4.78 is 10.2. The summed E-state index contributed by atoms with van der Waals surface area (Å²) in [6.07, 6.45) is 1.62. The predicted octanol–water partition coefficient (Wildman–Crippen LogP) is 1.85. The van der Waals surface area contributed by atoms with Crippen LogP contribution in [-0.4, -0.2) is 29.6 Å². The number of ether oxygens (including phenoxy) is 2. The van der Waals surface area contributed by atoms with Crippen LogP contribution in [0.3, 0.4) is 0 Å². The molecule has 1 atom stereocenters. The van der Waals surface area contributed by atoms with Gasteiger partial charge in [0.05, 0.1) is 12.5 Å². The van der Waals surface area contributed by atoms with Crippen molar-refractivity contribution in [3.05, 3.63) is 0 Å². The summed E-state index contributed by atoms with van der Waals surface area (Å²) in [6, 6.07) is 0. The van der Waals surface area contributed by atoms with Gasteiger partial charge in [0.2, 0.25) is 0 Å². The molecule has 0 aliphatic carbocycles. The summed E-state index contributed by atoms with van der Waals surface area (Å²) in [6.45, 7) is 7.13. The fourth-order valence-electron chi connectivity index (χ4n) is 1.24. The third-order valence-corrected chi connectivity index (χ3v) is 1.74. The quantitative estimate of drug-likeness (QED) is 0.546. The van der Waals surface area contributed by atoms with Gasteiger partial charge in [0, 0.05) is 0 Å². The van der Waals surface area contributed by atoms with Crippen LogP contribution in [0.4, 0.5) is 0 Å². The molecule has 0 aromatic heterocycles. The highest BCUT2D eigenvalue weighted by Gasteiger charge is 2.20. The molecular formula is C11H22O4. The van der Waals surface area contributed by atoms with Crippen molar-refractivity contribution in [1.29, 1.82) is 0 Å². The molecule has 4 heteroatoms. The minimum atomic E-state index is -0.465. The first-order valence-corrected chi connectivity index (χ1v) is 5.33. The summed E-state index contributed by atoms with van der Waals surface area (Å²) >= 11 is 0.